The molecule has 9 nitrogen and oxygen atoms in total. The fraction of sp³-hybridized carbons (Fsp3) is 0.733. The number of hydrogen-bond donors (Lipinski definition) is 3. The first kappa shape index (κ1) is 22.0. The summed E-state index contributed by atoms with van der Waals surface area (Å²) in [6.07, 6.45) is 4.41. The highest BCUT2D eigenvalue weighted by atomic mass is 16.6. The van der Waals surface area contributed by atoms with Crippen LogP contribution < -0.4 is 5.32 Å². The number of ketones is 1. The van der Waals surface area contributed by atoms with E-state index in [9.17, 15) is 19.2 Å². The van der Waals surface area contributed by atoms with E-state index in [-0.39, 0.29) is 12.4 Å². The second-order valence-corrected chi connectivity index (χ2v) is 5.04. The van der Waals surface area contributed by atoms with Gasteiger partial charge in [0.05, 0.1) is 0 Å². The molecule has 3 N–H and O–H groups in total. The quantitative estimate of drug-likeness (QED) is 0.271. The Bertz CT molecular complexity index is 372. The molecular formula is C15H25NO8. The fourth-order valence-corrected chi connectivity index (χ4v) is 1.73. The minimum atomic E-state index is -0.842. The molecule has 0 unspecified atom stereocenters. The molecule has 0 saturated heterocycles. The van der Waals surface area contributed by atoms with Crippen LogP contribution in [0.2, 0.25) is 0 Å². The van der Waals surface area contributed by atoms with Gasteiger partial charge in [0.25, 0.3) is 5.91 Å². The average Bonchev–Trinajstić information content (AvgIpc) is 2.59. The van der Waals surface area contributed by atoms with Crippen molar-refractivity contribution >= 4 is 23.6 Å². The van der Waals surface area contributed by atoms with Gasteiger partial charge >= 0.3 is 11.9 Å². The molecule has 138 valence electrons. The molecule has 0 fully saturated rings. The first-order valence-corrected chi connectivity index (χ1v) is 7.81. The Kier molecular flexibility index (Phi) is 13.4. The monoisotopic (exact) mass is 347 g/mol. The van der Waals surface area contributed by atoms with Gasteiger partial charge in [0, 0.05) is 13.0 Å². The molecule has 24 heavy (non-hydrogen) atoms. The lowest BCUT2D eigenvalue weighted by Crippen LogP contribution is -2.30. The summed E-state index contributed by atoms with van der Waals surface area (Å²) in [6.45, 7) is -1.71. The van der Waals surface area contributed by atoms with Gasteiger partial charge < -0.3 is 25.0 Å². The van der Waals surface area contributed by atoms with Crippen molar-refractivity contribution in [2.75, 3.05) is 33.0 Å². The molecule has 0 spiro atoms. The number of ether oxygens (including phenoxy) is 2. The second kappa shape index (κ2) is 14.6. The Labute approximate surface area is 140 Å². The molecule has 0 bridgehead atoms. The first-order valence-electron chi connectivity index (χ1n) is 7.81. The van der Waals surface area contributed by atoms with Crippen LogP contribution in [-0.4, -0.2) is 66.8 Å². The normalized spacial score (nSPS) is 10.1. The van der Waals surface area contributed by atoms with Crippen molar-refractivity contribution in [3.8, 4) is 0 Å². The Balaban J connectivity index is 3.39. The molecule has 0 atom stereocenters. The van der Waals surface area contributed by atoms with Crippen LogP contribution >= 0.6 is 0 Å². The maximum atomic E-state index is 11.3. The van der Waals surface area contributed by atoms with Gasteiger partial charge in [-0.3, -0.25) is 9.59 Å². The summed E-state index contributed by atoms with van der Waals surface area (Å²) in [7, 11) is 0. The minimum absolute atomic E-state index is 0.179. The van der Waals surface area contributed by atoms with Crippen molar-refractivity contribution in [1.82, 2.24) is 5.32 Å². The molecule has 0 aromatic rings. The number of carbonyl (C=O) groups excluding carboxylic acids is 4. The summed E-state index contributed by atoms with van der Waals surface area (Å²) in [4.78, 5) is 43.9. The van der Waals surface area contributed by atoms with Gasteiger partial charge in [-0.25, -0.2) is 9.59 Å². The molecular weight excluding hydrogens is 322 g/mol. The van der Waals surface area contributed by atoms with Gasteiger partial charge in [-0.1, -0.05) is 19.3 Å². The number of unbranched alkanes of at least 4 members (excludes halogenated alkanes) is 4. The summed E-state index contributed by atoms with van der Waals surface area (Å²) in [5.74, 6) is -2.25. The number of amides is 1. The predicted molar refractivity (Wildman–Crippen MR) is 81.8 cm³/mol. The SMILES string of the molecule is O=C(CCCCCCCNC(=O)COC(=O)CO)COC(=O)CO. The summed E-state index contributed by atoms with van der Waals surface area (Å²) < 4.78 is 8.95. The third-order valence-electron chi connectivity index (χ3n) is 2.97. The van der Waals surface area contributed by atoms with Crippen LogP contribution in [0.1, 0.15) is 38.5 Å². The van der Waals surface area contributed by atoms with Gasteiger partial charge in [-0.15, -0.1) is 0 Å². The standard InChI is InChI=1S/C15H25NO8/c17-8-14(21)23-10-12(19)6-4-2-1-3-5-7-16-13(20)11-24-15(22)9-18/h17-18H,1-11H2,(H,16,20). The van der Waals surface area contributed by atoms with Gasteiger partial charge in [0.15, 0.2) is 12.4 Å². The Hall–Kier alpha value is -2.00. The van der Waals surface area contributed by atoms with E-state index in [1.807, 2.05) is 0 Å². The highest BCUT2D eigenvalue weighted by molar-refractivity contribution is 5.82. The lowest BCUT2D eigenvalue weighted by Gasteiger charge is -2.06. The zero-order chi connectivity index (χ0) is 18.2. The summed E-state index contributed by atoms with van der Waals surface area (Å²) in [5, 5.41) is 19.4. The third kappa shape index (κ3) is 13.6. The predicted octanol–water partition coefficient (Wildman–Crippen LogP) is -0.917. The molecule has 0 aliphatic heterocycles. The summed E-state index contributed by atoms with van der Waals surface area (Å²) in [6, 6.07) is 0. The van der Waals surface area contributed by atoms with Crippen LogP contribution in [0.4, 0.5) is 0 Å². The van der Waals surface area contributed by atoms with Crippen LogP contribution in [-0.2, 0) is 28.7 Å². The smallest absolute Gasteiger partial charge is 0.332 e. The molecule has 0 aliphatic rings. The van der Waals surface area contributed by atoms with Crippen molar-refractivity contribution in [2.45, 2.75) is 38.5 Å². The lowest BCUT2D eigenvalue weighted by atomic mass is 10.1. The number of esters is 2. The average molecular weight is 347 g/mol. The Morgan fingerprint density at radius 1 is 0.750 bits per heavy atom. The number of aliphatic hydroxyl groups is 2. The van der Waals surface area contributed by atoms with E-state index >= 15 is 0 Å². The zero-order valence-corrected chi connectivity index (χ0v) is 13.6. The summed E-state index contributed by atoms with van der Waals surface area (Å²) in [5.41, 5.74) is 0. The fourth-order valence-electron chi connectivity index (χ4n) is 1.73. The van der Waals surface area contributed by atoms with E-state index in [0.717, 1.165) is 25.7 Å². The Morgan fingerprint density at radius 3 is 1.92 bits per heavy atom. The van der Waals surface area contributed by atoms with E-state index in [0.29, 0.717) is 19.4 Å². The molecule has 9 heteroatoms. The van der Waals surface area contributed by atoms with E-state index in [2.05, 4.69) is 14.8 Å². The van der Waals surface area contributed by atoms with Gasteiger partial charge in [0.2, 0.25) is 0 Å². The minimum Gasteiger partial charge on any atom is -0.456 e. The van der Waals surface area contributed by atoms with E-state index < -0.39 is 37.7 Å². The number of nitrogens with one attached hydrogen (secondary N) is 1. The molecule has 0 saturated carbocycles. The van der Waals surface area contributed by atoms with Crippen molar-refractivity contribution in [1.29, 1.82) is 0 Å². The number of hydrogen-bond acceptors (Lipinski definition) is 8. The molecule has 0 aromatic carbocycles. The van der Waals surface area contributed by atoms with Crippen LogP contribution in [0.25, 0.3) is 0 Å². The maximum Gasteiger partial charge on any atom is 0.332 e. The van der Waals surface area contributed by atoms with Crippen LogP contribution in [0, 0.1) is 0 Å². The number of rotatable bonds is 14. The molecule has 0 rings (SSSR count). The maximum absolute atomic E-state index is 11.3. The topological polar surface area (TPSA) is 139 Å². The second-order valence-electron chi connectivity index (χ2n) is 5.04. The highest BCUT2D eigenvalue weighted by Gasteiger charge is 2.07. The van der Waals surface area contributed by atoms with Crippen molar-refractivity contribution in [3.63, 3.8) is 0 Å². The number of aliphatic hydroxyl groups excluding tert-OH is 2. The number of carbonyl (C=O) groups is 4. The summed E-state index contributed by atoms with van der Waals surface area (Å²) >= 11 is 0. The van der Waals surface area contributed by atoms with Crippen LogP contribution in [0.5, 0.6) is 0 Å². The third-order valence-corrected chi connectivity index (χ3v) is 2.97. The van der Waals surface area contributed by atoms with Gasteiger partial charge in [-0.2, -0.15) is 0 Å². The zero-order valence-electron chi connectivity index (χ0n) is 13.6. The lowest BCUT2D eigenvalue weighted by molar-refractivity contribution is -0.151. The van der Waals surface area contributed by atoms with Crippen molar-refractivity contribution < 1.29 is 38.9 Å². The van der Waals surface area contributed by atoms with Crippen LogP contribution in [0.3, 0.4) is 0 Å². The largest absolute Gasteiger partial charge is 0.456 e. The van der Waals surface area contributed by atoms with Gasteiger partial charge in [0.1, 0.15) is 19.8 Å². The van der Waals surface area contributed by atoms with Crippen molar-refractivity contribution in [2.24, 2.45) is 0 Å². The van der Waals surface area contributed by atoms with E-state index in [4.69, 9.17) is 10.2 Å². The van der Waals surface area contributed by atoms with Crippen molar-refractivity contribution in [3.05, 3.63) is 0 Å². The van der Waals surface area contributed by atoms with E-state index in [1.165, 1.54) is 0 Å². The Morgan fingerprint density at radius 2 is 1.29 bits per heavy atom. The molecule has 0 radical (unpaired) electrons. The van der Waals surface area contributed by atoms with Gasteiger partial charge in [-0.05, 0) is 12.8 Å². The molecule has 0 aromatic heterocycles. The molecule has 1 amide bonds. The highest BCUT2D eigenvalue weighted by Crippen LogP contribution is 2.05. The molecule has 0 heterocycles. The first-order chi connectivity index (χ1) is 11.5. The number of Topliss-reactive ketones (excluding diaryl/α,β-unsaturated/α-hetero) is 1. The molecule has 0 aliphatic carbocycles. The van der Waals surface area contributed by atoms with E-state index in [1.54, 1.807) is 0 Å². The van der Waals surface area contributed by atoms with Crippen LogP contribution in [0.15, 0.2) is 0 Å².